The van der Waals surface area contributed by atoms with Gasteiger partial charge >= 0.3 is 0 Å². The highest BCUT2D eigenvalue weighted by Gasteiger charge is 2.25. The fourth-order valence-corrected chi connectivity index (χ4v) is 4.58. The number of aryl methyl sites for hydroxylation is 2. The van der Waals surface area contributed by atoms with Crippen LogP contribution in [0.25, 0.3) is 0 Å². The topological polar surface area (TPSA) is 78.4 Å². The Balaban J connectivity index is 1.43. The van der Waals surface area contributed by atoms with Crippen LogP contribution in [0, 0.1) is 5.92 Å². The first kappa shape index (κ1) is 16.5. The Hall–Kier alpha value is -1.40. The number of hydrogen-bond acceptors (Lipinski definition) is 4. The van der Waals surface area contributed by atoms with Gasteiger partial charge in [0.05, 0.1) is 17.5 Å². The number of fused-ring (bicyclic) bond motifs is 1. The van der Waals surface area contributed by atoms with Gasteiger partial charge in [0.25, 0.3) is 5.91 Å². The van der Waals surface area contributed by atoms with Crippen molar-refractivity contribution in [1.82, 2.24) is 10.6 Å². The molecule has 6 heteroatoms. The van der Waals surface area contributed by atoms with Crippen LogP contribution in [-0.4, -0.2) is 36.1 Å². The SMILES string of the molecule is O=C(CNC(=O)c1cc2c(s1)CCCC2)NCC1CCCC1O. The molecule has 2 aliphatic rings. The van der Waals surface area contributed by atoms with E-state index in [4.69, 9.17) is 0 Å². The molecule has 0 radical (unpaired) electrons. The lowest BCUT2D eigenvalue weighted by Crippen LogP contribution is -2.39. The second kappa shape index (κ2) is 7.45. The molecule has 5 nitrogen and oxygen atoms in total. The summed E-state index contributed by atoms with van der Waals surface area (Å²) in [5.41, 5.74) is 1.30. The molecule has 2 atom stereocenters. The fourth-order valence-electron chi connectivity index (χ4n) is 3.41. The molecule has 3 rings (SSSR count). The van der Waals surface area contributed by atoms with Gasteiger partial charge in [0.2, 0.25) is 5.91 Å². The molecule has 1 fully saturated rings. The van der Waals surface area contributed by atoms with Gasteiger partial charge in [-0.25, -0.2) is 0 Å². The number of aliphatic hydroxyl groups excluding tert-OH is 1. The lowest BCUT2D eigenvalue weighted by atomic mass is 9.99. The zero-order chi connectivity index (χ0) is 16.2. The summed E-state index contributed by atoms with van der Waals surface area (Å²) >= 11 is 1.55. The number of carbonyl (C=O) groups excluding carboxylic acids is 2. The van der Waals surface area contributed by atoms with Gasteiger partial charge in [0.1, 0.15) is 0 Å². The summed E-state index contributed by atoms with van der Waals surface area (Å²) in [5.74, 6) is -0.210. The Morgan fingerprint density at radius 1 is 1.17 bits per heavy atom. The first-order chi connectivity index (χ1) is 11.1. The molecule has 1 aromatic heterocycles. The van der Waals surface area contributed by atoms with Crippen molar-refractivity contribution in [2.75, 3.05) is 13.1 Å². The van der Waals surface area contributed by atoms with Crippen LogP contribution in [0.4, 0.5) is 0 Å². The first-order valence-corrected chi connectivity index (χ1v) is 9.29. The number of aliphatic hydroxyl groups is 1. The molecule has 1 aromatic rings. The molecule has 0 aromatic carbocycles. The maximum absolute atomic E-state index is 12.2. The largest absolute Gasteiger partial charge is 0.393 e. The zero-order valence-corrected chi connectivity index (χ0v) is 14.1. The van der Waals surface area contributed by atoms with E-state index in [0.717, 1.165) is 32.1 Å². The summed E-state index contributed by atoms with van der Waals surface area (Å²) in [6, 6.07) is 1.97. The van der Waals surface area contributed by atoms with Crippen molar-refractivity contribution < 1.29 is 14.7 Å². The van der Waals surface area contributed by atoms with Crippen LogP contribution in [0.5, 0.6) is 0 Å². The van der Waals surface area contributed by atoms with Crippen molar-refractivity contribution in [1.29, 1.82) is 0 Å². The van der Waals surface area contributed by atoms with E-state index < -0.39 is 0 Å². The lowest BCUT2D eigenvalue weighted by Gasteiger charge is -2.15. The molecule has 126 valence electrons. The molecule has 0 spiro atoms. The Labute approximate surface area is 140 Å². The van der Waals surface area contributed by atoms with Crippen LogP contribution in [0.3, 0.4) is 0 Å². The quantitative estimate of drug-likeness (QED) is 0.765. The van der Waals surface area contributed by atoms with E-state index in [1.807, 2.05) is 6.07 Å². The summed E-state index contributed by atoms with van der Waals surface area (Å²) in [4.78, 5) is 26.0. The third-order valence-electron chi connectivity index (χ3n) is 4.81. The van der Waals surface area contributed by atoms with Crippen LogP contribution in [0.2, 0.25) is 0 Å². The second-order valence-electron chi connectivity index (χ2n) is 6.51. The van der Waals surface area contributed by atoms with Gasteiger partial charge in [-0.2, -0.15) is 0 Å². The molecule has 0 aliphatic heterocycles. The summed E-state index contributed by atoms with van der Waals surface area (Å²) < 4.78 is 0. The number of thiophene rings is 1. The molecule has 23 heavy (non-hydrogen) atoms. The molecule has 2 unspecified atom stereocenters. The van der Waals surface area contributed by atoms with Gasteiger partial charge in [0.15, 0.2) is 0 Å². The van der Waals surface area contributed by atoms with Crippen molar-refractivity contribution in [3.63, 3.8) is 0 Å². The van der Waals surface area contributed by atoms with E-state index in [9.17, 15) is 14.7 Å². The van der Waals surface area contributed by atoms with Crippen molar-refractivity contribution in [2.24, 2.45) is 5.92 Å². The van der Waals surface area contributed by atoms with Crippen LogP contribution < -0.4 is 10.6 Å². The maximum Gasteiger partial charge on any atom is 0.261 e. The van der Waals surface area contributed by atoms with Gasteiger partial charge in [-0.3, -0.25) is 9.59 Å². The van der Waals surface area contributed by atoms with Crippen LogP contribution in [-0.2, 0) is 17.6 Å². The predicted molar refractivity (Wildman–Crippen MR) is 89.7 cm³/mol. The minimum absolute atomic E-state index is 0.00971. The van der Waals surface area contributed by atoms with E-state index in [-0.39, 0.29) is 30.4 Å². The number of nitrogens with one attached hydrogen (secondary N) is 2. The van der Waals surface area contributed by atoms with Gasteiger partial charge in [-0.05, 0) is 50.2 Å². The summed E-state index contributed by atoms with van der Waals surface area (Å²) in [5, 5.41) is 15.2. The Bertz CT molecular complexity index is 561. The minimum Gasteiger partial charge on any atom is -0.393 e. The summed E-state index contributed by atoms with van der Waals surface area (Å²) in [6.07, 6.45) is 7.00. The highest BCUT2D eigenvalue weighted by atomic mass is 32.1. The van der Waals surface area contributed by atoms with Crippen molar-refractivity contribution in [3.8, 4) is 0 Å². The summed E-state index contributed by atoms with van der Waals surface area (Å²) in [7, 11) is 0. The van der Waals surface area contributed by atoms with E-state index >= 15 is 0 Å². The molecular formula is C17H24N2O3S. The van der Waals surface area contributed by atoms with Crippen molar-refractivity contribution in [2.45, 2.75) is 51.0 Å². The molecule has 0 saturated heterocycles. The smallest absolute Gasteiger partial charge is 0.261 e. The third-order valence-corrected chi connectivity index (χ3v) is 6.05. The molecule has 2 amide bonds. The second-order valence-corrected chi connectivity index (χ2v) is 7.65. The molecule has 2 aliphatic carbocycles. The number of hydrogen-bond donors (Lipinski definition) is 3. The first-order valence-electron chi connectivity index (χ1n) is 8.48. The summed E-state index contributed by atoms with van der Waals surface area (Å²) in [6.45, 7) is 0.480. The van der Waals surface area contributed by atoms with E-state index in [2.05, 4.69) is 10.6 Å². The number of rotatable bonds is 5. The fraction of sp³-hybridized carbons (Fsp3) is 0.647. The Morgan fingerprint density at radius 2 is 2.00 bits per heavy atom. The minimum atomic E-state index is -0.303. The zero-order valence-electron chi connectivity index (χ0n) is 13.3. The van der Waals surface area contributed by atoms with Gasteiger partial charge < -0.3 is 15.7 Å². The monoisotopic (exact) mass is 336 g/mol. The average molecular weight is 336 g/mol. The van der Waals surface area contributed by atoms with Crippen LogP contribution in [0.1, 0.15) is 52.2 Å². The average Bonchev–Trinajstić information content (AvgIpc) is 3.16. The Kier molecular flexibility index (Phi) is 5.33. The van der Waals surface area contributed by atoms with Gasteiger partial charge in [0, 0.05) is 17.3 Å². The van der Waals surface area contributed by atoms with Crippen molar-refractivity contribution in [3.05, 3.63) is 21.4 Å². The molecule has 0 bridgehead atoms. The molecule has 3 N–H and O–H groups in total. The third kappa shape index (κ3) is 4.12. The highest BCUT2D eigenvalue weighted by Crippen LogP contribution is 2.29. The molecule has 1 heterocycles. The standard InChI is InChI=1S/C17H24N2O3S/c20-13-6-3-5-12(13)9-18-16(21)10-19-17(22)15-8-11-4-1-2-7-14(11)23-15/h8,12-13,20H,1-7,9-10H2,(H,18,21)(H,19,22). The molecule has 1 saturated carbocycles. The Morgan fingerprint density at radius 3 is 2.74 bits per heavy atom. The van der Waals surface area contributed by atoms with E-state index in [1.54, 1.807) is 11.3 Å². The number of amides is 2. The van der Waals surface area contributed by atoms with Gasteiger partial charge in [-0.15, -0.1) is 11.3 Å². The normalized spacial score (nSPS) is 23.3. The maximum atomic E-state index is 12.2. The predicted octanol–water partition coefficient (Wildman–Crippen LogP) is 1.63. The van der Waals surface area contributed by atoms with E-state index in [0.29, 0.717) is 11.4 Å². The number of carbonyl (C=O) groups is 2. The van der Waals surface area contributed by atoms with E-state index in [1.165, 1.54) is 23.3 Å². The van der Waals surface area contributed by atoms with Crippen LogP contribution in [0.15, 0.2) is 6.07 Å². The molecular weight excluding hydrogens is 312 g/mol. The van der Waals surface area contributed by atoms with Crippen LogP contribution >= 0.6 is 11.3 Å². The lowest BCUT2D eigenvalue weighted by molar-refractivity contribution is -0.120. The van der Waals surface area contributed by atoms with Crippen molar-refractivity contribution >= 4 is 23.2 Å². The van der Waals surface area contributed by atoms with Gasteiger partial charge in [-0.1, -0.05) is 6.42 Å². The highest BCUT2D eigenvalue weighted by molar-refractivity contribution is 7.14.